The second-order valence-corrected chi connectivity index (χ2v) is 6.96. The molecule has 1 aliphatic rings. The Morgan fingerprint density at radius 1 is 1.25 bits per heavy atom. The molecular formula is C20H21FN6O. The number of anilines is 1. The Kier molecular flexibility index (Phi) is 4.77. The number of rotatable bonds is 4. The van der Waals surface area contributed by atoms with Crippen molar-refractivity contribution in [3.63, 3.8) is 0 Å². The van der Waals surface area contributed by atoms with E-state index in [0.717, 1.165) is 17.0 Å². The molecule has 28 heavy (non-hydrogen) atoms. The van der Waals surface area contributed by atoms with Gasteiger partial charge in [0.2, 0.25) is 11.9 Å². The largest absolute Gasteiger partial charge is 0.369 e. The molecule has 0 atom stereocenters. The number of amides is 1. The average molecular weight is 380 g/mol. The number of carbonyl (C=O) groups is 1. The van der Waals surface area contributed by atoms with Crippen LogP contribution in [0.3, 0.4) is 0 Å². The van der Waals surface area contributed by atoms with E-state index >= 15 is 0 Å². The molecule has 2 N–H and O–H groups in total. The third-order valence-corrected chi connectivity index (χ3v) is 5.07. The number of carbonyl (C=O) groups excluding carboxylic acids is 1. The fraction of sp³-hybridized carbons (Fsp3) is 0.300. The van der Waals surface area contributed by atoms with Gasteiger partial charge >= 0.3 is 0 Å². The van der Waals surface area contributed by atoms with E-state index in [4.69, 9.17) is 10.7 Å². The van der Waals surface area contributed by atoms with Crippen molar-refractivity contribution in [1.29, 1.82) is 0 Å². The minimum atomic E-state index is -0.309. The summed E-state index contributed by atoms with van der Waals surface area (Å²) in [5.41, 5.74) is 8.46. The fourth-order valence-electron chi connectivity index (χ4n) is 3.48. The highest BCUT2D eigenvalue weighted by Crippen LogP contribution is 2.26. The maximum atomic E-state index is 13.5. The first-order chi connectivity index (χ1) is 13.5. The molecule has 7 nitrogen and oxygen atoms in total. The molecule has 1 fully saturated rings. The van der Waals surface area contributed by atoms with Gasteiger partial charge in [0, 0.05) is 37.0 Å². The molecule has 0 bridgehead atoms. The quantitative estimate of drug-likeness (QED) is 0.751. The molecule has 0 spiro atoms. The molecule has 1 aromatic carbocycles. The van der Waals surface area contributed by atoms with Gasteiger partial charge in [0.05, 0.1) is 17.1 Å². The number of nitrogens with two attached hydrogens (primary N) is 1. The summed E-state index contributed by atoms with van der Waals surface area (Å²) in [5, 5.41) is 4.49. The summed E-state index contributed by atoms with van der Waals surface area (Å²) in [5.74, 6) is -0.00454. The molecule has 0 unspecified atom stereocenters. The van der Waals surface area contributed by atoms with Crippen LogP contribution in [0.5, 0.6) is 0 Å². The van der Waals surface area contributed by atoms with E-state index in [2.05, 4.69) is 15.0 Å². The first kappa shape index (κ1) is 18.1. The van der Waals surface area contributed by atoms with Gasteiger partial charge < -0.3 is 10.6 Å². The summed E-state index contributed by atoms with van der Waals surface area (Å²) in [4.78, 5) is 22.5. The van der Waals surface area contributed by atoms with E-state index in [9.17, 15) is 9.18 Å². The summed E-state index contributed by atoms with van der Waals surface area (Å²) in [6.07, 6.45) is 4.98. The van der Waals surface area contributed by atoms with Crippen LogP contribution in [0.15, 0.2) is 42.7 Å². The van der Waals surface area contributed by atoms with Gasteiger partial charge in [0.15, 0.2) is 0 Å². The van der Waals surface area contributed by atoms with Crippen LogP contribution >= 0.6 is 0 Å². The summed E-state index contributed by atoms with van der Waals surface area (Å²) in [7, 11) is 0. The van der Waals surface area contributed by atoms with Gasteiger partial charge in [-0.2, -0.15) is 5.10 Å². The third kappa shape index (κ3) is 3.58. The smallest absolute Gasteiger partial charge is 0.225 e. The zero-order valence-electron chi connectivity index (χ0n) is 15.5. The normalized spacial score (nSPS) is 15.0. The van der Waals surface area contributed by atoms with E-state index in [1.807, 2.05) is 19.2 Å². The maximum absolute atomic E-state index is 13.5. The van der Waals surface area contributed by atoms with Crippen LogP contribution in [-0.4, -0.2) is 38.7 Å². The van der Waals surface area contributed by atoms with Crippen molar-refractivity contribution in [3.8, 4) is 16.9 Å². The molecule has 8 heteroatoms. The maximum Gasteiger partial charge on any atom is 0.225 e. The Balaban J connectivity index is 1.59. The van der Waals surface area contributed by atoms with Crippen LogP contribution in [0.4, 0.5) is 10.3 Å². The molecule has 1 aliphatic heterocycles. The standard InChI is InChI=1S/C20H21FN6O/c1-13-17(12-27(25-13)16-4-2-3-15(21)11-16)18-5-8-23-20(24-18)26-9-6-14(7-10-26)19(22)28/h2-5,8,11-12,14H,6-7,9-10H2,1H3,(H2,22,28). The number of hydrogen-bond acceptors (Lipinski definition) is 5. The predicted molar refractivity (Wildman–Crippen MR) is 103 cm³/mol. The second-order valence-electron chi connectivity index (χ2n) is 6.96. The minimum absolute atomic E-state index is 0.0776. The molecule has 0 saturated carbocycles. The van der Waals surface area contributed by atoms with E-state index < -0.39 is 0 Å². The van der Waals surface area contributed by atoms with Crippen molar-refractivity contribution in [2.24, 2.45) is 11.7 Å². The van der Waals surface area contributed by atoms with E-state index in [1.54, 1.807) is 23.0 Å². The van der Waals surface area contributed by atoms with Crippen LogP contribution in [-0.2, 0) is 4.79 Å². The molecule has 0 radical (unpaired) electrons. The number of nitrogens with zero attached hydrogens (tertiary/aromatic N) is 5. The van der Waals surface area contributed by atoms with Crippen LogP contribution in [0.1, 0.15) is 18.5 Å². The number of hydrogen-bond donors (Lipinski definition) is 1. The number of piperidine rings is 1. The summed E-state index contributed by atoms with van der Waals surface area (Å²) in [6.45, 7) is 3.28. The van der Waals surface area contributed by atoms with Gasteiger partial charge in [-0.25, -0.2) is 19.0 Å². The first-order valence-electron chi connectivity index (χ1n) is 9.21. The van der Waals surface area contributed by atoms with Gasteiger partial charge in [-0.3, -0.25) is 4.79 Å². The molecule has 1 amide bonds. The predicted octanol–water partition coefficient (Wildman–Crippen LogP) is 2.48. The van der Waals surface area contributed by atoms with E-state index in [-0.39, 0.29) is 17.6 Å². The fourth-order valence-corrected chi connectivity index (χ4v) is 3.48. The van der Waals surface area contributed by atoms with Crippen molar-refractivity contribution in [2.45, 2.75) is 19.8 Å². The highest BCUT2D eigenvalue weighted by Gasteiger charge is 2.24. The lowest BCUT2D eigenvalue weighted by Gasteiger charge is -2.30. The highest BCUT2D eigenvalue weighted by molar-refractivity contribution is 5.77. The topological polar surface area (TPSA) is 89.9 Å². The van der Waals surface area contributed by atoms with Crippen molar-refractivity contribution < 1.29 is 9.18 Å². The van der Waals surface area contributed by atoms with Crippen LogP contribution in [0.2, 0.25) is 0 Å². The summed E-state index contributed by atoms with van der Waals surface area (Å²) >= 11 is 0. The summed E-state index contributed by atoms with van der Waals surface area (Å²) < 4.78 is 15.2. The Hall–Kier alpha value is -3.29. The molecule has 0 aliphatic carbocycles. The molecule has 4 rings (SSSR count). The second kappa shape index (κ2) is 7.38. The molecule has 1 saturated heterocycles. The van der Waals surface area contributed by atoms with Crippen LogP contribution < -0.4 is 10.6 Å². The lowest BCUT2D eigenvalue weighted by atomic mass is 9.96. The van der Waals surface area contributed by atoms with E-state index in [0.29, 0.717) is 37.6 Å². The summed E-state index contributed by atoms with van der Waals surface area (Å²) in [6, 6.07) is 8.12. The van der Waals surface area contributed by atoms with Crippen LogP contribution in [0, 0.1) is 18.7 Å². The number of benzene rings is 1. The van der Waals surface area contributed by atoms with Gasteiger partial charge in [-0.15, -0.1) is 0 Å². The molecule has 3 aromatic rings. The Morgan fingerprint density at radius 3 is 2.75 bits per heavy atom. The Bertz CT molecular complexity index is 1010. The number of halogens is 1. The van der Waals surface area contributed by atoms with Crippen molar-refractivity contribution >= 4 is 11.9 Å². The monoisotopic (exact) mass is 380 g/mol. The number of aryl methyl sites for hydroxylation is 1. The lowest BCUT2D eigenvalue weighted by molar-refractivity contribution is -0.122. The molecule has 144 valence electrons. The molecule has 2 aromatic heterocycles. The molecular weight excluding hydrogens is 359 g/mol. The Morgan fingerprint density at radius 2 is 2.04 bits per heavy atom. The van der Waals surface area contributed by atoms with Gasteiger partial charge in [0.1, 0.15) is 5.82 Å². The third-order valence-electron chi connectivity index (χ3n) is 5.07. The van der Waals surface area contributed by atoms with E-state index in [1.165, 1.54) is 12.1 Å². The number of primary amides is 1. The van der Waals surface area contributed by atoms with Crippen molar-refractivity contribution in [1.82, 2.24) is 19.7 Å². The van der Waals surface area contributed by atoms with Crippen molar-refractivity contribution in [3.05, 3.63) is 54.2 Å². The van der Waals surface area contributed by atoms with Gasteiger partial charge in [-0.1, -0.05) is 6.07 Å². The highest BCUT2D eigenvalue weighted by atomic mass is 19.1. The van der Waals surface area contributed by atoms with Gasteiger partial charge in [0.25, 0.3) is 0 Å². The molecule has 3 heterocycles. The first-order valence-corrected chi connectivity index (χ1v) is 9.21. The SMILES string of the molecule is Cc1nn(-c2cccc(F)c2)cc1-c1ccnc(N2CCC(C(N)=O)CC2)n1. The minimum Gasteiger partial charge on any atom is -0.369 e. The van der Waals surface area contributed by atoms with Crippen LogP contribution in [0.25, 0.3) is 16.9 Å². The Labute approximate surface area is 162 Å². The van der Waals surface area contributed by atoms with Gasteiger partial charge in [-0.05, 0) is 44.0 Å². The lowest BCUT2D eigenvalue weighted by Crippen LogP contribution is -2.39. The zero-order chi connectivity index (χ0) is 19.7. The average Bonchev–Trinajstić information content (AvgIpc) is 3.10. The zero-order valence-corrected chi connectivity index (χ0v) is 15.5. The van der Waals surface area contributed by atoms with Crippen molar-refractivity contribution in [2.75, 3.05) is 18.0 Å². The number of aromatic nitrogens is 4.